The van der Waals surface area contributed by atoms with Gasteiger partial charge in [0.15, 0.2) is 5.69 Å². The number of pyridine rings is 1. The van der Waals surface area contributed by atoms with Gasteiger partial charge in [0.25, 0.3) is 0 Å². The van der Waals surface area contributed by atoms with Gasteiger partial charge in [-0.3, -0.25) is 39.2 Å². The molecule has 4 fully saturated rings. The van der Waals surface area contributed by atoms with Crippen LogP contribution in [0.15, 0.2) is 36.5 Å². The van der Waals surface area contributed by atoms with Gasteiger partial charge in [0, 0.05) is 43.3 Å². The molecule has 0 bridgehead atoms. The van der Waals surface area contributed by atoms with E-state index >= 15 is 0 Å². The number of nitrogens with one attached hydrogen (secondary N) is 2. The van der Waals surface area contributed by atoms with Crippen LogP contribution >= 0.6 is 25.0 Å². The second-order valence-electron chi connectivity index (χ2n) is 16.3. The highest BCUT2D eigenvalue weighted by atomic mass is 35.5. The molecule has 3 aliphatic heterocycles. The zero-order valence-electron chi connectivity index (χ0n) is 32.7. The molecule has 4 amide bonds. The minimum absolute atomic E-state index is 0. The van der Waals surface area contributed by atoms with Crippen LogP contribution in [-0.4, -0.2) is 98.7 Å². The lowest BCUT2D eigenvalue weighted by atomic mass is 9.81. The van der Waals surface area contributed by atoms with Gasteiger partial charge in [-0.2, -0.15) is 18.4 Å². The van der Waals surface area contributed by atoms with Crippen LogP contribution in [0.1, 0.15) is 102 Å². The molecular weight excluding hydrogens is 781 g/mol. The summed E-state index contributed by atoms with van der Waals surface area (Å²) in [4.78, 5) is 62.1. The van der Waals surface area contributed by atoms with Gasteiger partial charge in [-0.05, 0) is 109 Å². The van der Waals surface area contributed by atoms with Crippen LogP contribution in [0, 0.1) is 17.2 Å². The molecule has 4 aliphatic rings. The van der Waals surface area contributed by atoms with Gasteiger partial charge in [-0.15, -0.1) is 25.0 Å². The lowest BCUT2D eigenvalue weighted by Gasteiger charge is -2.44. The molecule has 4 atom stereocenters. The number of anilines is 2. The van der Waals surface area contributed by atoms with Crippen LogP contribution in [0.25, 0.3) is 0 Å². The molecule has 0 spiro atoms. The molecule has 1 saturated carbocycles. The third-order valence-electron chi connectivity index (χ3n) is 12.1. The molecular formula is C40H52ClF3N8O4S. The number of hydrogen-bond donors (Lipinski definition) is 3. The van der Waals surface area contributed by atoms with E-state index in [1.165, 1.54) is 11.0 Å². The minimum Gasteiger partial charge on any atom is -0.325 e. The maximum absolute atomic E-state index is 13.7. The van der Waals surface area contributed by atoms with Crippen molar-refractivity contribution in [1.82, 2.24) is 25.0 Å². The number of amides is 4. The molecule has 57 heavy (non-hydrogen) atoms. The lowest BCUT2D eigenvalue weighted by molar-refractivity contribution is -0.138. The molecule has 6 rings (SSSR count). The molecule has 4 heterocycles. The number of aromatic nitrogens is 1. The number of halogens is 4. The molecule has 1 aromatic heterocycles. The molecule has 12 nitrogen and oxygen atoms in total. The first-order valence-electron chi connectivity index (χ1n) is 19.5. The Kier molecular flexibility index (Phi) is 14.0. The molecule has 2 unspecified atom stereocenters. The Morgan fingerprint density at radius 2 is 1.70 bits per heavy atom. The summed E-state index contributed by atoms with van der Waals surface area (Å²) in [7, 11) is 0. The summed E-state index contributed by atoms with van der Waals surface area (Å²) in [5.41, 5.74) is -2.23. The van der Waals surface area contributed by atoms with Crippen molar-refractivity contribution in [2.24, 2.45) is 5.92 Å². The van der Waals surface area contributed by atoms with E-state index in [0.717, 1.165) is 76.0 Å². The molecule has 310 valence electrons. The van der Waals surface area contributed by atoms with Crippen LogP contribution in [0.3, 0.4) is 0 Å². The Balaban J connectivity index is 0.00000620. The second kappa shape index (κ2) is 18.0. The van der Waals surface area contributed by atoms with Gasteiger partial charge in [-0.25, -0.2) is 4.98 Å². The number of alkyl halides is 3. The Morgan fingerprint density at radius 3 is 2.30 bits per heavy atom. The van der Waals surface area contributed by atoms with E-state index in [9.17, 15) is 32.3 Å². The van der Waals surface area contributed by atoms with Gasteiger partial charge in [0.2, 0.25) is 23.6 Å². The van der Waals surface area contributed by atoms with E-state index in [1.54, 1.807) is 26.0 Å². The number of carbonyl (C=O) groups excluding carboxylic acids is 4. The quantitative estimate of drug-likeness (QED) is 0.196. The number of rotatable bonds is 10. The SMILES string of the molecule is C[C@@H]1CN(CCCC2CCC(N3C(S)N(c4cnc(C#N)c(C(F)(F)F)c4)C(=O)C3(C)C)CC2)C[C@H](C)N1CC(=O)Nc1ccc(C2CCC(=O)NC2=O)cc1.Cl. The van der Waals surface area contributed by atoms with Crippen molar-refractivity contribution in [2.45, 2.75) is 120 Å². The van der Waals surface area contributed by atoms with Crippen LogP contribution in [-0.2, 0) is 25.4 Å². The van der Waals surface area contributed by atoms with Crippen LogP contribution < -0.4 is 15.5 Å². The Labute approximate surface area is 343 Å². The van der Waals surface area contributed by atoms with Gasteiger partial charge in [-0.1, -0.05) is 12.1 Å². The number of benzene rings is 1. The number of imide groups is 1. The fourth-order valence-electron chi connectivity index (χ4n) is 9.16. The number of nitriles is 1. The van der Waals surface area contributed by atoms with Gasteiger partial charge >= 0.3 is 6.18 Å². The van der Waals surface area contributed by atoms with Crippen LogP contribution in [0.4, 0.5) is 24.5 Å². The number of nitrogens with zero attached hydrogens (tertiary/aromatic N) is 6. The number of thiol groups is 1. The van der Waals surface area contributed by atoms with E-state index < -0.39 is 28.5 Å². The van der Waals surface area contributed by atoms with Gasteiger partial charge < -0.3 is 10.2 Å². The molecule has 2 aromatic rings. The lowest BCUT2D eigenvalue weighted by Crippen LogP contribution is -2.58. The van der Waals surface area contributed by atoms with Crippen molar-refractivity contribution in [3.8, 4) is 6.07 Å². The number of piperazine rings is 1. The minimum atomic E-state index is -4.79. The highest BCUT2D eigenvalue weighted by Crippen LogP contribution is 2.43. The zero-order chi connectivity index (χ0) is 40.5. The highest BCUT2D eigenvalue weighted by molar-refractivity contribution is 7.81. The molecule has 0 radical (unpaired) electrons. The highest BCUT2D eigenvalue weighted by Gasteiger charge is 2.54. The summed E-state index contributed by atoms with van der Waals surface area (Å²) in [5.74, 6) is -0.821. The topological polar surface area (TPSA) is 142 Å². The monoisotopic (exact) mass is 832 g/mol. The Bertz CT molecular complexity index is 1840. The fraction of sp³-hybridized carbons (Fsp3) is 0.600. The smallest absolute Gasteiger partial charge is 0.325 e. The standard InChI is InChI=1S/C40H51F3N8O4S.ClH/c1-24-21-48(22-25(2)49(24)23-35(53)46-28-11-9-27(10-12-28)31-15-16-34(52)47-36(31)54)17-5-6-26-7-13-29(14-8-26)51-38(56)50(37(55)39(51,3)4)30-18-32(40(41,42)43)33(19-44)45-20-30;/h9-12,18,20,24-26,29,31,38,56H,5-8,13-17,21-23H2,1-4H3,(H,46,53)(H,47,52,54);1H/t24-,25+,26?,29?,31?,38?;. The average molecular weight is 833 g/mol. The van der Waals surface area contributed by atoms with Crippen LogP contribution in [0.2, 0.25) is 0 Å². The summed E-state index contributed by atoms with van der Waals surface area (Å²) in [6.45, 7) is 10.8. The van der Waals surface area contributed by atoms with Crippen LogP contribution in [0.5, 0.6) is 0 Å². The normalized spacial score (nSPS) is 27.4. The third-order valence-corrected chi connectivity index (χ3v) is 12.5. The predicted octanol–water partition coefficient (Wildman–Crippen LogP) is 5.93. The predicted molar refractivity (Wildman–Crippen MR) is 215 cm³/mol. The number of carbonyl (C=O) groups is 4. The first-order chi connectivity index (χ1) is 26.5. The van der Waals surface area contributed by atoms with E-state index in [2.05, 4.69) is 39.3 Å². The van der Waals surface area contributed by atoms with E-state index in [1.807, 2.05) is 17.0 Å². The summed E-state index contributed by atoms with van der Waals surface area (Å²) < 4.78 is 41.1. The summed E-state index contributed by atoms with van der Waals surface area (Å²) in [6, 6.07) is 9.96. The summed E-state index contributed by atoms with van der Waals surface area (Å²) in [6.07, 6.45) is 2.93. The van der Waals surface area contributed by atoms with E-state index in [4.69, 9.17) is 17.9 Å². The summed E-state index contributed by atoms with van der Waals surface area (Å²) >= 11 is 4.76. The van der Waals surface area contributed by atoms with Crippen molar-refractivity contribution in [1.29, 1.82) is 5.26 Å². The molecule has 3 saturated heterocycles. The second-order valence-corrected chi connectivity index (χ2v) is 16.8. The van der Waals surface area contributed by atoms with E-state index in [0.29, 0.717) is 24.4 Å². The zero-order valence-corrected chi connectivity index (χ0v) is 34.4. The summed E-state index contributed by atoms with van der Waals surface area (Å²) in [5, 5.41) is 14.5. The van der Waals surface area contributed by atoms with Crippen molar-refractivity contribution < 1.29 is 32.3 Å². The number of hydrogen-bond acceptors (Lipinski definition) is 10. The Hall–Kier alpha value is -3.75. The molecule has 2 N–H and O–H groups in total. The fourth-order valence-corrected chi connectivity index (χ4v) is 9.88. The molecule has 17 heteroatoms. The van der Waals surface area contributed by atoms with Crippen molar-refractivity contribution in [2.75, 3.05) is 36.4 Å². The Morgan fingerprint density at radius 1 is 1.05 bits per heavy atom. The number of piperidine rings is 1. The van der Waals surface area contributed by atoms with Crippen molar-refractivity contribution >= 4 is 60.0 Å². The largest absolute Gasteiger partial charge is 0.419 e. The van der Waals surface area contributed by atoms with Gasteiger partial charge in [0.05, 0.1) is 35.4 Å². The average Bonchev–Trinajstić information content (AvgIpc) is 3.32. The van der Waals surface area contributed by atoms with Crippen molar-refractivity contribution in [3.63, 3.8) is 0 Å². The third kappa shape index (κ3) is 9.76. The maximum atomic E-state index is 13.7. The molecule has 1 aliphatic carbocycles. The van der Waals surface area contributed by atoms with Crippen molar-refractivity contribution in [3.05, 3.63) is 53.3 Å². The maximum Gasteiger partial charge on any atom is 0.419 e. The van der Waals surface area contributed by atoms with E-state index in [-0.39, 0.29) is 72.3 Å². The molecule has 1 aromatic carbocycles. The first kappa shape index (κ1) is 44.4. The van der Waals surface area contributed by atoms with Gasteiger partial charge in [0.1, 0.15) is 11.6 Å². The first-order valence-corrected chi connectivity index (χ1v) is 20.0.